The molecule has 0 saturated heterocycles. The van der Waals surface area contributed by atoms with Gasteiger partial charge in [0.2, 0.25) is 0 Å². The first-order valence-corrected chi connectivity index (χ1v) is 3.46. The van der Waals surface area contributed by atoms with Crippen molar-refractivity contribution < 1.29 is 10.2 Å². The number of benzene rings is 1. The van der Waals surface area contributed by atoms with Crippen molar-refractivity contribution in [1.29, 1.82) is 0 Å². The fraction of sp³-hybridized carbons (Fsp3) is 0.125. The van der Waals surface area contributed by atoms with Gasteiger partial charge in [-0.2, -0.15) is 5.10 Å². The maximum Gasteiger partial charge on any atom is 0.128 e. The van der Waals surface area contributed by atoms with Crippen LogP contribution in [0.1, 0.15) is 5.56 Å². The predicted octanol–water partition coefficient (Wildman–Crippen LogP) is 0.651. The second kappa shape index (κ2) is 3.61. The molecule has 1 aromatic rings. The van der Waals surface area contributed by atoms with E-state index < -0.39 is 0 Å². The summed E-state index contributed by atoms with van der Waals surface area (Å²) in [5, 5.41) is 21.9. The fourth-order valence-corrected chi connectivity index (χ4v) is 0.775. The molecule has 0 bridgehead atoms. The summed E-state index contributed by atoms with van der Waals surface area (Å²) >= 11 is 0. The molecule has 1 rings (SSSR count). The van der Waals surface area contributed by atoms with Crippen LogP contribution in [0.5, 0.6) is 11.5 Å². The van der Waals surface area contributed by atoms with Gasteiger partial charge in [-0.05, 0) is 12.1 Å². The van der Waals surface area contributed by atoms with Crippen LogP contribution in [0.15, 0.2) is 23.3 Å². The van der Waals surface area contributed by atoms with E-state index in [-0.39, 0.29) is 11.5 Å². The molecule has 0 heterocycles. The minimum absolute atomic E-state index is 0.00833. The first-order chi connectivity index (χ1) is 5.74. The average Bonchev–Trinajstić information content (AvgIpc) is 2.03. The highest BCUT2D eigenvalue weighted by molar-refractivity contribution is 5.83. The lowest BCUT2D eigenvalue weighted by Gasteiger charge is -1.98. The minimum Gasteiger partial charge on any atom is -0.508 e. The van der Waals surface area contributed by atoms with E-state index in [0.29, 0.717) is 5.56 Å². The second-order valence-corrected chi connectivity index (χ2v) is 2.22. The Kier molecular flexibility index (Phi) is 2.53. The molecule has 0 aliphatic carbocycles. The Morgan fingerprint density at radius 2 is 2.17 bits per heavy atom. The van der Waals surface area contributed by atoms with E-state index in [2.05, 4.69) is 10.5 Å². The largest absolute Gasteiger partial charge is 0.508 e. The summed E-state index contributed by atoms with van der Waals surface area (Å²) in [6.07, 6.45) is 1.47. The highest BCUT2D eigenvalue weighted by Crippen LogP contribution is 2.20. The van der Waals surface area contributed by atoms with E-state index in [1.165, 1.54) is 18.3 Å². The van der Waals surface area contributed by atoms with Crippen molar-refractivity contribution in [2.24, 2.45) is 5.10 Å². The summed E-state index contributed by atoms with van der Waals surface area (Å²) in [5.41, 5.74) is 3.11. The third kappa shape index (κ3) is 1.88. The van der Waals surface area contributed by atoms with Crippen LogP contribution >= 0.6 is 0 Å². The lowest BCUT2D eigenvalue weighted by atomic mass is 10.2. The zero-order valence-electron chi connectivity index (χ0n) is 6.65. The normalized spacial score (nSPS) is 10.4. The Balaban J connectivity index is 2.94. The van der Waals surface area contributed by atoms with Crippen molar-refractivity contribution in [3.05, 3.63) is 23.8 Å². The number of rotatable bonds is 2. The Bertz CT molecular complexity index is 297. The van der Waals surface area contributed by atoms with Crippen LogP contribution < -0.4 is 5.43 Å². The van der Waals surface area contributed by atoms with Crippen LogP contribution in [0.3, 0.4) is 0 Å². The molecule has 0 spiro atoms. The molecule has 3 N–H and O–H groups in total. The molecule has 0 fully saturated rings. The highest BCUT2D eigenvalue weighted by Gasteiger charge is 1.97. The Morgan fingerprint density at radius 3 is 2.75 bits per heavy atom. The number of hydrazone groups is 1. The van der Waals surface area contributed by atoms with E-state index >= 15 is 0 Å². The Hall–Kier alpha value is -1.71. The van der Waals surface area contributed by atoms with Crippen LogP contribution in [0, 0.1) is 0 Å². The third-order valence-electron chi connectivity index (χ3n) is 1.35. The molecular formula is C8H10N2O2. The van der Waals surface area contributed by atoms with Gasteiger partial charge in [-0.3, -0.25) is 0 Å². The molecule has 1 aromatic carbocycles. The number of aromatic hydroxyl groups is 2. The Labute approximate surface area is 70.2 Å². The van der Waals surface area contributed by atoms with Gasteiger partial charge in [0.25, 0.3) is 0 Å². The number of nitrogens with one attached hydrogen (secondary N) is 1. The smallest absolute Gasteiger partial charge is 0.128 e. The average molecular weight is 166 g/mol. The van der Waals surface area contributed by atoms with Gasteiger partial charge in [-0.15, -0.1) is 0 Å². The predicted molar refractivity (Wildman–Crippen MR) is 46.4 cm³/mol. The van der Waals surface area contributed by atoms with Gasteiger partial charge in [0, 0.05) is 18.7 Å². The summed E-state index contributed by atoms with van der Waals surface area (Å²) in [6.45, 7) is 0. The molecule has 12 heavy (non-hydrogen) atoms. The molecule has 0 aliphatic rings. The van der Waals surface area contributed by atoms with Gasteiger partial charge in [0.05, 0.1) is 6.21 Å². The number of hydrogen-bond donors (Lipinski definition) is 3. The van der Waals surface area contributed by atoms with Crippen molar-refractivity contribution in [2.75, 3.05) is 7.05 Å². The summed E-state index contributed by atoms with van der Waals surface area (Å²) in [6, 6.07) is 4.32. The summed E-state index contributed by atoms with van der Waals surface area (Å²) in [7, 11) is 1.66. The van der Waals surface area contributed by atoms with E-state index in [4.69, 9.17) is 5.11 Å². The quantitative estimate of drug-likeness (QED) is 0.446. The second-order valence-electron chi connectivity index (χ2n) is 2.22. The fourth-order valence-electron chi connectivity index (χ4n) is 0.775. The first-order valence-electron chi connectivity index (χ1n) is 3.46. The van der Waals surface area contributed by atoms with E-state index in [1.807, 2.05) is 0 Å². The van der Waals surface area contributed by atoms with Gasteiger partial charge >= 0.3 is 0 Å². The van der Waals surface area contributed by atoms with Crippen molar-refractivity contribution >= 4 is 6.21 Å². The van der Waals surface area contributed by atoms with Crippen LogP contribution in [-0.4, -0.2) is 23.5 Å². The third-order valence-corrected chi connectivity index (χ3v) is 1.35. The van der Waals surface area contributed by atoms with Crippen molar-refractivity contribution in [1.82, 2.24) is 5.43 Å². The molecule has 0 radical (unpaired) electrons. The van der Waals surface area contributed by atoms with Crippen LogP contribution in [-0.2, 0) is 0 Å². The lowest BCUT2D eigenvalue weighted by molar-refractivity contribution is 0.450. The maximum absolute atomic E-state index is 9.24. The van der Waals surface area contributed by atoms with Gasteiger partial charge in [0.1, 0.15) is 11.5 Å². The van der Waals surface area contributed by atoms with Crippen LogP contribution in [0.2, 0.25) is 0 Å². The molecule has 0 atom stereocenters. The molecule has 4 heteroatoms. The van der Waals surface area contributed by atoms with Crippen molar-refractivity contribution in [3.63, 3.8) is 0 Å². The summed E-state index contributed by atoms with van der Waals surface area (Å²) < 4.78 is 0. The highest BCUT2D eigenvalue weighted by atomic mass is 16.3. The zero-order chi connectivity index (χ0) is 8.97. The van der Waals surface area contributed by atoms with E-state index in [9.17, 15) is 5.11 Å². The SMILES string of the molecule is CN/N=C/c1ccc(O)cc1O. The Morgan fingerprint density at radius 1 is 1.42 bits per heavy atom. The van der Waals surface area contributed by atoms with Crippen molar-refractivity contribution in [2.45, 2.75) is 0 Å². The molecule has 0 aliphatic heterocycles. The van der Waals surface area contributed by atoms with Crippen molar-refractivity contribution in [3.8, 4) is 11.5 Å². The van der Waals surface area contributed by atoms with Crippen LogP contribution in [0.25, 0.3) is 0 Å². The number of nitrogens with zero attached hydrogens (tertiary/aromatic N) is 1. The number of hydrogen-bond acceptors (Lipinski definition) is 4. The molecule has 0 unspecified atom stereocenters. The van der Waals surface area contributed by atoms with Gasteiger partial charge < -0.3 is 15.6 Å². The number of phenolic OH excluding ortho intramolecular Hbond substituents is 2. The molecule has 0 amide bonds. The minimum atomic E-state index is 0.00833. The van der Waals surface area contributed by atoms with Gasteiger partial charge in [0.15, 0.2) is 0 Å². The summed E-state index contributed by atoms with van der Waals surface area (Å²) in [4.78, 5) is 0. The number of phenols is 2. The van der Waals surface area contributed by atoms with Crippen LogP contribution in [0.4, 0.5) is 0 Å². The lowest BCUT2D eigenvalue weighted by Crippen LogP contribution is -1.94. The first kappa shape index (κ1) is 8.39. The standard InChI is InChI=1S/C8H10N2O2/c1-9-10-5-6-2-3-7(11)4-8(6)12/h2-5,9,11-12H,1H3/b10-5+. The molecule has 0 aromatic heterocycles. The summed E-state index contributed by atoms with van der Waals surface area (Å²) in [5.74, 6) is 0.0445. The monoisotopic (exact) mass is 166 g/mol. The van der Waals surface area contributed by atoms with E-state index in [0.717, 1.165) is 0 Å². The molecule has 0 saturated carbocycles. The topological polar surface area (TPSA) is 64.9 Å². The van der Waals surface area contributed by atoms with Gasteiger partial charge in [-0.25, -0.2) is 0 Å². The molecular weight excluding hydrogens is 156 g/mol. The maximum atomic E-state index is 9.24. The van der Waals surface area contributed by atoms with E-state index in [1.54, 1.807) is 13.1 Å². The molecule has 64 valence electrons. The van der Waals surface area contributed by atoms with Gasteiger partial charge in [-0.1, -0.05) is 0 Å². The molecule has 4 nitrogen and oxygen atoms in total. The zero-order valence-corrected chi connectivity index (χ0v) is 6.65.